The van der Waals surface area contributed by atoms with Gasteiger partial charge in [-0.25, -0.2) is 4.79 Å². The second-order valence-electron chi connectivity index (χ2n) is 4.70. The number of fused-ring (bicyclic) bond motifs is 1. The third-order valence-corrected chi connectivity index (χ3v) is 3.28. The Kier molecular flexibility index (Phi) is 3.35. The van der Waals surface area contributed by atoms with Gasteiger partial charge >= 0.3 is 5.97 Å². The first-order valence-corrected chi connectivity index (χ1v) is 6.52. The molecule has 6 heteroatoms. The van der Waals surface area contributed by atoms with Crippen molar-refractivity contribution in [2.75, 3.05) is 12.4 Å². The fourth-order valence-electron chi connectivity index (χ4n) is 2.19. The van der Waals surface area contributed by atoms with Crippen molar-refractivity contribution in [3.05, 3.63) is 47.5 Å². The molecule has 2 N–H and O–H groups in total. The maximum atomic E-state index is 11.5. The van der Waals surface area contributed by atoms with Crippen LogP contribution in [0.15, 0.2) is 34.9 Å². The molecule has 0 atom stereocenters. The number of aryl methyl sites for hydroxylation is 1. The van der Waals surface area contributed by atoms with Gasteiger partial charge in [-0.1, -0.05) is 0 Å². The highest BCUT2D eigenvalue weighted by Gasteiger charge is 2.15. The zero-order chi connectivity index (χ0) is 14.8. The van der Waals surface area contributed by atoms with E-state index in [0.29, 0.717) is 23.6 Å². The Morgan fingerprint density at radius 1 is 1.43 bits per heavy atom. The molecule has 0 saturated carbocycles. The van der Waals surface area contributed by atoms with Crippen molar-refractivity contribution in [1.29, 1.82) is 0 Å². The Morgan fingerprint density at radius 3 is 3.10 bits per heavy atom. The van der Waals surface area contributed by atoms with Crippen molar-refractivity contribution >= 4 is 22.6 Å². The number of hydrogen-bond donors (Lipinski definition) is 2. The van der Waals surface area contributed by atoms with Crippen molar-refractivity contribution in [3.63, 3.8) is 0 Å². The second-order valence-corrected chi connectivity index (χ2v) is 4.70. The van der Waals surface area contributed by atoms with Crippen LogP contribution in [0.3, 0.4) is 0 Å². The highest BCUT2D eigenvalue weighted by molar-refractivity contribution is 5.90. The zero-order valence-corrected chi connectivity index (χ0v) is 11.8. The van der Waals surface area contributed by atoms with E-state index >= 15 is 0 Å². The molecule has 0 aliphatic carbocycles. The number of methoxy groups -OCH3 is 1. The molecule has 0 amide bonds. The molecule has 2 aromatic heterocycles. The maximum Gasteiger partial charge on any atom is 0.341 e. The smallest absolute Gasteiger partial charge is 0.341 e. The normalized spacial score (nSPS) is 10.8. The largest absolute Gasteiger partial charge is 0.465 e. The van der Waals surface area contributed by atoms with Crippen LogP contribution >= 0.6 is 0 Å². The standard InChI is InChI=1S/C15H15N3O3/c1-9-13(15(19)20-2)6-12(21-9)8-16-11-3-4-14-10(5-11)7-17-18-14/h3-7,16H,8H2,1-2H3,(H,17,18). The van der Waals surface area contributed by atoms with Gasteiger partial charge in [0.2, 0.25) is 0 Å². The van der Waals surface area contributed by atoms with E-state index in [9.17, 15) is 4.79 Å². The first-order valence-electron chi connectivity index (χ1n) is 6.52. The summed E-state index contributed by atoms with van der Waals surface area (Å²) in [5, 5.41) is 11.2. The van der Waals surface area contributed by atoms with E-state index in [-0.39, 0.29) is 5.97 Å². The van der Waals surface area contributed by atoms with Crippen molar-refractivity contribution in [2.45, 2.75) is 13.5 Å². The number of aromatic amines is 1. The number of carbonyl (C=O) groups excluding carboxylic acids is 1. The Hall–Kier alpha value is -2.76. The maximum absolute atomic E-state index is 11.5. The van der Waals surface area contributed by atoms with Crippen molar-refractivity contribution in [2.24, 2.45) is 0 Å². The number of benzene rings is 1. The van der Waals surface area contributed by atoms with E-state index in [1.807, 2.05) is 18.2 Å². The first kappa shape index (κ1) is 13.2. The van der Waals surface area contributed by atoms with E-state index in [4.69, 9.17) is 9.15 Å². The van der Waals surface area contributed by atoms with Gasteiger partial charge < -0.3 is 14.5 Å². The van der Waals surface area contributed by atoms with E-state index in [1.54, 1.807) is 19.2 Å². The number of nitrogens with zero attached hydrogens (tertiary/aromatic N) is 1. The summed E-state index contributed by atoms with van der Waals surface area (Å²) in [6.07, 6.45) is 1.77. The molecule has 21 heavy (non-hydrogen) atoms. The Morgan fingerprint density at radius 2 is 2.29 bits per heavy atom. The van der Waals surface area contributed by atoms with E-state index in [0.717, 1.165) is 16.6 Å². The summed E-state index contributed by atoms with van der Waals surface area (Å²) in [6.45, 7) is 2.23. The van der Waals surface area contributed by atoms with Crippen LogP contribution in [0.4, 0.5) is 5.69 Å². The van der Waals surface area contributed by atoms with Crippen molar-refractivity contribution < 1.29 is 13.9 Å². The lowest BCUT2D eigenvalue weighted by atomic mass is 10.2. The number of carbonyl (C=O) groups is 1. The lowest BCUT2D eigenvalue weighted by Gasteiger charge is -2.04. The summed E-state index contributed by atoms with van der Waals surface area (Å²) in [5.41, 5.74) is 2.40. The molecule has 0 aliphatic rings. The molecule has 0 aliphatic heterocycles. The molecule has 0 radical (unpaired) electrons. The van der Waals surface area contributed by atoms with E-state index in [1.165, 1.54) is 7.11 Å². The average molecular weight is 285 g/mol. The molecule has 0 saturated heterocycles. The molecule has 108 valence electrons. The highest BCUT2D eigenvalue weighted by atomic mass is 16.5. The minimum Gasteiger partial charge on any atom is -0.465 e. The fraction of sp³-hybridized carbons (Fsp3) is 0.200. The number of esters is 1. The van der Waals surface area contributed by atoms with E-state index < -0.39 is 0 Å². The Labute approximate surface area is 121 Å². The third kappa shape index (κ3) is 2.60. The monoisotopic (exact) mass is 285 g/mol. The summed E-state index contributed by atoms with van der Waals surface area (Å²) < 4.78 is 10.3. The number of hydrogen-bond acceptors (Lipinski definition) is 5. The molecule has 0 bridgehead atoms. The number of ether oxygens (including phenoxy) is 1. The Balaban J connectivity index is 1.73. The summed E-state index contributed by atoms with van der Waals surface area (Å²) >= 11 is 0. The lowest BCUT2D eigenvalue weighted by Crippen LogP contribution is -2.01. The van der Waals surface area contributed by atoms with Gasteiger partial charge in [-0.15, -0.1) is 0 Å². The van der Waals surface area contributed by atoms with Crippen LogP contribution in [0.1, 0.15) is 21.9 Å². The molecule has 0 unspecified atom stereocenters. The summed E-state index contributed by atoms with van der Waals surface area (Å²) in [5.74, 6) is 0.853. The van der Waals surface area contributed by atoms with Gasteiger partial charge in [-0.05, 0) is 31.2 Å². The van der Waals surface area contributed by atoms with Gasteiger partial charge in [0.1, 0.15) is 17.1 Å². The number of aromatic nitrogens is 2. The number of H-pyrrole nitrogens is 1. The molecule has 0 fully saturated rings. The summed E-state index contributed by atoms with van der Waals surface area (Å²) in [4.78, 5) is 11.5. The third-order valence-electron chi connectivity index (χ3n) is 3.28. The molecular formula is C15H15N3O3. The molecule has 3 rings (SSSR count). The fourth-order valence-corrected chi connectivity index (χ4v) is 2.19. The van der Waals surface area contributed by atoms with Crippen LogP contribution < -0.4 is 5.32 Å². The van der Waals surface area contributed by atoms with Gasteiger partial charge in [0.05, 0.1) is 25.4 Å². The molecule has 3 aromatic rings. The van der Waals surface area contributed by atoms with Crippen LogP contribution in [0.2, 0.25) is 0 Å². The minimum atomic E-state index is -0.387. The number of nitrogens with one attached hydrogen (secondary N) is 2. The van der Waals surface area contributed by atoms with Gasteiger partial charge in [-0.3, -0.25) is 5.10 Å². The van der Waals surface area contributed by atoms with Crippen LogP contribution in [0, 0.1) is 6.92 Å². The van der Waals surface area contributed by atoms with Crippen molar-refractivity contribution in [1.82, 2.24) is 10.2 Å². The lowest BCUT2D eigenvalue weighted by molar-refractivity contribution is 0.0599. The number of anilines is 1. The molecule has 6 nitrogen and oxygen atoms in total. The van der Waals surface area contributed by atoms with Crippen LogP contribution in [0.25, 0.3) is 10.9 Å². The first-order chi connectivity index (χ1) is 10.2. The summed E-state index contributed by atoms with van der Waals surface area (Å²) in [7, 11) is 1.35. The second kappa shape index (κ2) is 5.32. The number of furan rings is 1. The highest BCUT2D eigenvalue weighted by Crippen LogP contribution is 2.19. The van der Waals surface area contributed by atoms with Crippen LogP contribution in [-0.2, 0) is 11.3 Å². The molecular weight excluding hydrogens is 270 g/mol. The average Bonchev–Trinajstić information content (AvgIpc) is 3.10. The number of rotatable bonds is 4. The SMILES string of the molecule is COC(=O)c1cc(CNc2ccc3[nH]ncc3c2)oc1C. The predicted octanol–water partition coefficient (Wildman–Crippen LogP) is 2.86. The molecule has 2 heterocycles. The molecule has 1 aromatic carbocycles. The van der Waals surface area contributed by atoms with Crippen molar-refractivity contribution in [3.8, 4) is 0 Å². The van der Waals surface area contributed by atoms with Crippen LogP contribution in [0.5, 0.6) is 0 Å². The van der Waals surface area contributed by atoms with Crippen LogP contribution in [-0.4, -0.2) is 23.3 Å². The van der Waals surface area contributed by atoms with Gasteiger partial charge in [0.15, 0.2) is 0 Å². The van der Waals surface area contributed by atoms with E-state index in [2.05, 4.69) is 15.5 Å². The molecule has 0 spiro atoms. The van der Waals surface area contributed by atoms with Gasteiger partial charge in [0.25, 0.3) is 0 Å². The minimum absolute atomic E-state index is 0.387. The quantitative estimate of drug-likeness (QED) is 0.720. The van der Waals surface area contributed by atoms with Gasteiger partial charge in [-0.2, -0.15) is 5.10 Å². The predicted molar refractivity (Wildman–Crippen MR) is 78.2 cm³/mol. The zero-order valence-electron chi connectivity index (χ0n) is 11.8. The Bertz CT molecular complexity index is 788. The van der Waals surface area contributed by atoms with Gasteiger partial charge in [0, 0.05) is 11.1 Å². The summed E-state index contributed by atoms with van der Waals surface area (Å²) in [6, 6.07) is 7.61. The topological polar surface area (TPSA) is 80.1 Å².